The molecular formula is C20H23NO3. The molecule has 1 atom stereocenters. The first-order valence-corrected chi connectivity index (χ1v) is 8.60. The van der Waals surface area contributed by atoms with Crippen LogP contribution < -0.4 is 14.8 Å². The topological polar surface area (TPSA) is 50.7 Å². The number of para-hydroxylation sites is 1. The van der Waals surface area contributed by atoms with Gasteiger partial charge in [0.1, 0.15) is 13.2 Å². The lowest BCUT2D eigenvalue weighted by Crippen LogP contribution is -2.29. The van der Waals surface area contributed by atoms with Crippen molar-refractivity contribution in [1.82, 2.24) is 5.32 Å². The van der Waals surface area contributed by atoms with Gasteiger partial charge in [0.25, 0.3) is 0 Å². The third-order valence-electron chi connectivity index (χ3n) is 5.03. The molecule has 4 heteroatoms. The quantitative estimate of drug-likeness (QED) is 0.857. The minimum atomic E-state index is -0.407. The summed E-state index contributed by atoms with van der Waals surface area (Å²) < 4.78 is 11.4. The fraction of sp³-hybridized carbons (Fsp3) is 0.400. The fourth-order valence-corrected chi connectivity index (χ4v) is 3.42. The molecule has 1 fully saturated rings. The van der Waals surface area contributed by atoms with Crippen LogP contribution in [0.1, 0.15) is 30.1 Å². The predicted octanol–water partition coefficient (Wildman–Crippen LogP) is 3.06. The molecule has 1 unspecified atom stereocenters. The number of hydrogen-bond donors (Lipinski definition) is 2. The molecule has 1 saturated carbocycles. The van der Waals surface area contributed by atoms with Crippen LogP contribution in [0.2, 0.25) is 0 Å². The summed E-state index contributed by atoms with van der Waals surface area (Å²) in [7, 11) is 0. The van der Waals surface area contributed by atoms with E-state index in [-0.39, 0.29) is 5.41 Å². The molecular weight excluding hydrogens is 302 g/mol. The molecule has 126 valence electrons. The minimum absolute atomic E-state index is 0.0342. The van der Waals surface area contributed by atoms with Crippen molar-refractivity contribution in [1.29, 1.82) is 0 Å². The minimum Gasteiger partial charge on any atom is -0.486 e. The molecule has 0 aromatic heterocycles. The molecule has 2 aromatic carbocycles. The molecule has 0 amide bonds. The molecule has 0 spiro atoms. The maximum Gasteiger partial charge on any atom is 0.165 e. The summed E-state index contributed by atoms with van der Waals surface area (Å²) in [4.78, 5) is 0. The lowest BCUT2D eigenvalue weighted by atomic mass is 9.92. The van der Waals surface area contributed by atoms with Crippen LogP contribution in [0.4, 0.5) is 0 Å². The van der Waals surface area contributed by atoms with Gasteiger partial charge in [-0.25, -0.2) is 0 Å². The van der Waals surface area contributed by atoms with Gasteiger partial charge in [-0.2, -0.15) is 0 Å². The first kappa shape index (κ1) is 15.5. The highest BCUT2D eigenvalue weighted by atomic mass is 16.6. The Morgan fingerprint density at radius 2 is 1.79 bits per heavy atom. The third kappa shape index (κ3) is 2.99. The number of benzene rings is 2. The molecule has 2 N–H and O–H groups in total. The van der Waals surface area contributed by atoms with Gasteiger partial charge in [0.2, 0.25) is 0 Å². The van der Waals surface area contributed by atoms with Crippen molar-refractivity contribution < 1.29 is 14.6 Å². The molecule has 0 saturated heterocycles. The zero-order valence-corrected chi connectivity index (χ0v) is 13.7. The van der Waals surface area contributed by atoms with Crippen molar-refractivity contribution >= 4 is 0 Å². The maximum absolute atomic E-state index is 10.7. The van der Waals surface area contributed by atoms with E-state index in [1.807, 2.05) is 42.5 Å². The molecule has 0 bridgehead atoms. The predicted molar refractivity (Wildman–Crippen MR) is 92.2 cm³/mol. The van der Waals surface area contributed by atoms with Crippen LogP contribution in [0.3, 0.4) is 0 Å². The number of fused-ring (bicyclic) bond motifs is 1. The monoisotopic (exact) mass is 325 g/mol. The van der Waals surface area contributed by atoms with Crippen molar-refractivity contribution in [3.8, 4) is 11.5 Å². The molecule has 0 radical (unpaired) electrons. The van der Waals surface area contributed by atoms with Crippen LogP contribution in [-0.4, -0.2) is 24.9 Å². The van der Waals surface area contributed by atoms with E-state index in [9.17, 15) is 5.11 Å². The molecule has 1 heterocycles. The fourth-order valence-electron chi connectivity index (χ4n) is 3.42. The summed E-state index contributed by atoms with van der Waals surface area (Å²) in [5, 5.41) is 14.2. The summed E-state index contributed by atoms with van der Waals surface area (Å²) in [6, 6.07) is 16.0. The van der Waals surface area contributed by atoms with Gasteiger partial charge in [-0.1, -0.05) is 42.5 Å². The summed E-state index contributed by atoms with van der Waals surface area (Å²) in [5.41, 5.74) is 2.08. The number of ether oxygens (including phenoxy) is 2. The molecule has 4 nitrogen and oxygen atoms in total. The second-order valence-corrected chi connectivity index (χ2v) is 6.72. The summed E-state index contributed by atoms with van der Waals surface area (Å²) >= 11 is 0. The average molecular weight is 325 g/mol. The summed E-state index contributed by atoms with van der Waals surface area (Å²) in [6.45, 7) is 2.72. The highest BCUT2D eigenvalue weighted by Gasteiger charge is 2.48. The van der Waals surface area contributed by atoms with Crippen LogP contribution in [0.5, 0.6) is 11.5 Å². The Labute approximate surface area is 142 Å². The van der Waals surface area contributed by atoms with Crippen molar-refractivity contribution in [3.05, 3.63) is 59.7 Å². The van der Waals surface area contributed by atoms with Crippen LogP contribution in [0, 0.1) is 5.41 Å². The SMILES string of the molecule is OC(c1ccccc1)C1(CNCc2cccc3c2OCCO3)CC1. The van der Waals surface area contributed by atoms with Crippen LogP contribution >= 0.6 is 0 Å². The third-order valence-corrected chi connectivity index (χ3v) is 5.03. The molecule has 1 aliphatic carbocycles. The Morgan fingerprint density at radius 1 is 1.00 bits per heavy atom. The molecule has 2 aromatic rings. The van der Waals surface area contributed by atoms with Gasteiger partial charge in [0, 0.05) is 24.1 Å². The van der Waals surface area contributed by atoms with E-state index < -0.39 is 6.10 Å². The zero-order valence-electron chi connectivity index (χ0n) is 13.7. The largest absolute Gasteiger partial charge is 0.486 e. The van der Waals surface area contributed by atoms with Crippen LogP contribution in [-0.2, 0) is 6.54 Å². The smallest absolute Gasteiger partial charge is 0.165 e. The zero-order chi connectivity index (χ0) is 16.4. The van der Waals surface area contributed by atoms with Crippen molar-refractivity contribution in [2.24, 2.45) is 5.41 Å². The van der Waals surface area contributed by atoms with E-state index in [1.165, 1.54) is 0 Å². The van der Waals surface area contributed by atoms with E-state index >= 15 is 0 Å². The maximum atomic E-state index is 10.7. The van der Waals surface area contributed by atoms with Gasteiger partial charge in [0.05, 0.1) is 6.10 Å². The van der Waals surface area contributed by atoms with Gasteiger partial charge < -0.3 is 19.9 Å². The number of aliphatic hydroxyl groups is 1. The highest BCUT2D eigenvalue weighted by molar-refractivity contribution is 5.47. The Hall–Kier alpha value is -2.04. The summed E-state index contributed by atoms with van der Waals surface area (Å²) in [6.07, 6.45) is 1.71. The number of nitrogens with one attached hydrogen (secondary N) is 1. The normalized spacial score (nSPS) is 18.9. The Balaban J connectivity index is 1.39. The summed E-state index contributed by atoms with van der Waals surface area (Å²) in [5.74, 6) is 1.68. The lowest BCUT2D eigenvalue weighted by Gasteiger charge is -2.24. The van der Waals surface area contributed by atoms with Crippen LogP contribution in [0.25, 0.3) is 0 Å². The number of rotatable bonds is 6. The van der Waals surface area contributed by atoms with E-state index in [0.29, 0.717) is 13.2 Å². The molecule has 1 aliphatic heterocycles. The first-order valence-electron chi connectivity index (χ1n) is 8.60. The van der Waals surface area contributed by atoms with E-state index in [2.05, 4.69) is 11.4 Å². The van der Waals surface area contributed by atoms with E-state index in [1.54, 1.807) is 0 Å². The first-order chi connectivity index (χ1) is 11.8. The van der Waals surface area contributed by atoms with Crippen molar-refractivity contribution in [2.45, 2.75) is 25.5 Å². The Kier molecular flexibility index (Phi) is 4.17. The van der Waals surface area contributed by atoms with Gasteiger partial charge in [0.15, 0.2) is 11.5 Å². The number of aliphatic hydroxyl groups excluding tert-OH is 1. The van der Waals surface area contributed by atoms with E-state index in [4.69, 9.17) is 9.47 Å². The standard InChI is InChI=1S/C20H23NO3/c22-19(15-5-2-1-3-6-15)20(9-10-20)14-21-13-16-7-4-8-17-18(16)24-12-11-23-17/h1-8,19,21-22H,9-14H2. The second kappa shape index (κ2) is 6.46. The second-order valence-electron chi connectivity index (χ2n) is 6.72. The van der Waals surface area contributed by atoms with Crippen molar-refractivity contribution in [2.75, 3.05) is 19.8 Å². The molecule has 24 heavy (non-hydrogen) atoms. The average Bonchev–Trinajstić information content (AvgIpc) is 3.43. The van der Waals surface area contributed by atoms with Gasteiger partial charge in [-0.05, 0) is 24.5 Å². The highest BCUT2D eigenvalue weighted by Crippen LogP contribution is 2.54. The van der Waals surface area contributed by atoms with E-state index in [0.717, 1.165) is 48.6 Å². The Bertz CT molecular complexity index is 697. The van der Waals surface area contributed by atoms with Crippen LogP contribution in [0.15, 0.2) is 48.5 Å². The van der Waals surface area contributed by atoms with Gasteiger partial charge in [-0.15, -0.1) is 0 Å². The van der Waals surface area contributed by atoms with Gasteiger partial charge in [-0.3, -0.25) is 0 Å². The van der Waals surface area contributed by atoms with Gasteiger partial charge >= 0.3 is 0 Å². The Morgan fingerprint density at radius 3 is 2.58 bits per heavy atom. The molecule has 2 aliphatic rings. The molecule has 4 rings (SSSR count). The lowest BCUT2D eigenvalue weighted by molar-refractivity contribution is 0.0916. The van der Waals surface area contributed by atoms with Crippen molar-refractivity contribution in [3.63, 3.8) is 0 Å². The number of hydrogen-bond acceptors (Lipinski definition) is 4.